The lowest BCUT2D eigenvalue weighted by atomic mass is 9.95. The zero-order valence-corrected chi connectivity index (χ0v) is 11.2. The van der Waals surface area contributed by atoms with Gasteiger partial charge in [0.05, 0.1) is 18.9 Å². The summed E-state index contributed by atoms with van der Waals surface area (Å²) in [6, 6.07) is 3.91. The van der Waals surface area contributed by atoms with E-state index in [1.54, 1.807) is 21.3 Å². The Morgan fingerprint density at radius 2 is 1.89 bits per heavy atom. The van der Waals surface area contributed by atoms with Gasteiger partial charge in [-0.2, -0.15) is 0 Å². The van der Waals surface area contributed by atoms with E-state index in [4.69, 9.17) is 18.9 Å². The molecule has 1 aromatic rings. The highest BCUT2D eigenvalue weighted by Gasteiger charge is 2.42. The van der Waals surface area contributed by atoms with Crippen molar-refractivity contribution in [3.63, 3.8) is 0 Å². The third-order valence-corrected chi connectivity index (χ3v) is 3.34. The molecule has 5 nitrogen and oxygen atoms in total. The second kappa shape index (κ2) is 5.32. The molecule has 1 aliphatic heterocycles. The van der Waals surface area contributed by atoms with Crippen molar-refractivity contribution in [1.29, 1.82) is 0 Å². The van der Waals surface area contributed by atoms with Crippen LogP contribution in [0.25, 0.3) is 0 Å². The summed E-state index contributed by atoms with van der Waals surface area (Å²) < 4.78 is 21.2. The Morgan fingerprint density at radius 3 is 2.28 bits per heavy atom. The monoisotopic (exact) mass is 253 g/mol. The van der Waals surface area contributed by atoms with Crippen LogP contribution in [0.1, 0.15) is 23.2 Å². The molecule has 0 aliphatic carbocycles. The summed E-state index contributed by atoms with van der Waals surface area (Å²) in [5, 5.41) is 0. The molecule has 2 heterocycles. The molecule has 100 valence electrons. The van der Waals surface area contributed by atoms with Crippen LogP contribution in [0.5, 0.6) is 0 Å². The molecule has 0 saturated carbocycles. The summed E-state index contributed by atoms with van der Waals surface area (Å²) in [5.74, 6) is 0. The summed E-state index contributed by atoms with van der Waals surface area (Å²) in [6.45, 7) is 3.04. The van der Waals surface area contributed by atoms with Gasteiger partial charge < -0.3 is 18.9 Å². The Labute approximate surface area is 107 Å². The van der Waals surface area contributed by atoms with Crippen molar-refractivity contribution < 1.29 is 18.9 Å². The first kappa shape index (κ1) is 13.4. The first-order valence-corrected chi connectivity index (χ1v) is 5.83. The predicted molar refractivity (Wildman–Crippen MR) is 65.2 cm³/mol. The zero-order chi connectivity index (χ0) is 13.2. The summed E-state index contributed by atoms with van der Waals surface area (Å²) >= 11 is 0. The molecule has 0 amide bonds. The molecule has 1 saturated heterocycles. The number of hydrogen-bond donors (Lipinski definition) is 0. The predicted octanol–water partition coefficient (Wildman–Crippen LogP) is 1.55. The number of aryl methyl sites for hydroxylation is 1. The fraction of sp³-hybridized carbons (Fsp3) is 0.615. The maximum Gasteiger partial charge on any atom is 0.184 e. The molecule has 2 rings (SSSR count). The Bertz CT molecular complexity index is 408. The minimum absolute atomic E-state index is 0.386. The van der Waals surface area contributed by atoms with E-state index in [2.05, 4.69) is 4.98 Å². The first-order chi connectivity index (χ1) is 8.66. The molecule has 0 spiro atoms. The third kappa shape index (κ3) is 2.14. The van der Waals surface area contributed by atoms with Crippen LogP contribution in [-0.4, -0.2) is 39.5 Å². The molecule has 1 aromatic heterocycles. The average molecular weight is 253 g/mol. The lowest BCUT2D eigenvalue weighted by Gasteiger charge is -2.39. The number of ether oxygens (including phenoxy) is 4. The molecule has 0 radical (unpaired) electrons. The van der Waals surface area contributed by atoms with Crippen molar-refractivity contribution in [2.45, 2.75) is 18.8 Å². The molecule has 0 aromatic carbocycles. The van der Waals surface area contributed by atoms with Gasteiger partial charge in [-0.15, -0.1) is 0 Å². The second-order valence-electron chi connectivity index (χ2n) is 4.37. The fourth-order valence-electron chi connectivity index (χ4n) is 2.08. The minimum Gasteiger partial charge on any atom is -0.374 e. The Balaban J connectivity index is 2.30. The summed E-state index contributed by atoms with van der Waals surface area (Å²) in [5.41, 5.74) is 2.31. The molecule has 1 aliphatic rings. The SMILES string of the molecule is COC(OC)c1ccc(C2(OC)COC2)nc1C. The van der Waals surface area contributed by atoms with E-state index in [1.165, 1.54) is 0 Å². The van der Waals surface area contributed by atoms with Crippen LogP contribution in [0.2, 0.25) is 0 Å². The molecule has 18 heavy (non-hydrogen) atoms. The van der Waals surface area contributed by atoms with Crippen LogP contribution in [0, 0.1) is 6.92 Å². The van der Waals surface area contributed by atoms with Crippen molar-refractivity contribution in [3.8, 4) is 0 Å². The Hall–Kier alpha value is -1.01. The van der Waals surface area contributed by atoms with Crippen molar-refractivity contribution >= 4 is 0 Å². The van der Waals surface area contributed by atoms with Gasteiger partial charge >= 0.3 is 0 Å². The van der Waals surface area contributed by atoms with Gasteiger partial charge in [-0.25, -0.2) is 0 Å². The van der Waals surface area contributed by atoms with Crippen LogP contribution in [0.3, 0.4) is 0 Å². The Morgan fingerprint density at radius 1 is 1.22 bits per heavy atom. The van der Waals surface area contributed by atoms with Crippen LogP contribution >= 0.6 is 0 Å². The number of nitrogens with zero attached hydrogens (tertiary/aromatic N) is 1. The number of aromatic nitrogens is 1. The van der Waals surface area contributed by atoms with Crippen LogP contribution in [0.15, 0.2) is 12.1 Å². The number of rotatable bonds is 5. The Kier molecular flexibility index (Phi) is 3.97. The van der Waals surface area contributed by atoms with Gasteiger partial charge in [0, 0.05) is 32.6 Å². The molecule has 0 unspecified atom stereocenters. The zero-order valence-electron chi connectivity index (χ0n) is 11.2. The highest BCUT2D eigenvalue weighted by molar-refractivity contribution is 5.27. The lowest BCUT2D eigenvalue weighted by molar-refractivity contribution is -0.204. The van der Waals surface area contributed by atoms with Gasteiger partial charge in [-0.05, 0) is 13.0 Å². The maximum atomic E-state index is 5.52. The van der Waals surface area contributed by atoms with Crippen LogP contribution < -0.4 is 0 Å². The van der Waals surface area contributed by atoms with Crippen LogP contribution in [0.4, 0.5) is 0 Å². The van der Waals surface area contributed by atoms with Gasteiger partial charge in [0.25, 0.3) is 0 Å². The van der Waals surface area contributed by atoms with Gasteiger partial charge in [0.1, 0.15) is 0 Å². The van der Waals surface area contributed by atoms with E-state index < -0.39 is 0 Å². The quantitative estimate of drug-likeness (QED) is 0.745. The summed E-state index contributed by atoms with van der Waals surface area (Å²) in [4.78, 5) is 4.59. The molecular weight excluding hydrogens is 234 g/mol. The molecule has 0 bridgehead atoms. The fourth-order valence-corrected chi connectivity index (χ4v) is 2.08. The molecule has 5 heteroatoms. The van der Waals surface area contributed by atoms with Gasteiger partial charge in [-0.1, -0.05) is 6.07 Å². The van der Waals surface area contributed by atoms with E-state index >= 15 is 0 Å². The summed E-state index contributed by atoms with van der Waals surface area (Å²) in [6.07, 6.45) is -0.386. The van der Waals surface area contributed by atoms with Crippen LogP contribution in [-0.2, 0) is 24.5 Å². The van der Waals surface area contributed by atoms with E-state index in [9.17, 15) is 0 Å². The smallest absolute Gasteiger partial charge is 0.184 e. The molecule has 0 atom stereocenters. The van der Waals surface area contributed by atoms with E-state index in [0.29, 0.717) is 13.2 Å². The van der Waals surface area contributed by atoms with Crippen molar-refractivity contribution in [2.75, 3.05) is 34.5 Å². The van der Waals surface area contributed by atoms with Gasteiger partial charge in [0.2, 0.25) is 0 Å². The van der Waals surface area contributed by atoms with E-state index in [0.717, 1.165) is 17.0 Å². The highest BCUT2D eigenvalue weighted by Crippen LogP contribution is 2.33. The standard InChI is InChI=1S/C13H19NO4/c1-9-10(12(15-2)16-3)5-6-11(14-9)13(17-4)7-18-8-13/h5-6,12H,7-8H2,1-4H3. The van der Waals surface area contributed by atoms with Gasteiger partial charge in [0.15, 0.2) is 11.9 Å². The second-order valence-corrected chi connectivity index (χ2v) is 4.37. The molecule has 1 fully saturated rings. The maximum absolute atomic E-state index is 5.52. The topological polar surface area (TPSA) is 49.8 Å². The van der Waals surface area contributed by atoms with Crippen molar-refractivity contribution in [3.05, 3.63) is 29.1 Å². The first-order valence-electron chi connectivity index (χ1n) is 5.83. The largest absolute Gasteiger partial charge is 0.374 e. The van der Waals surface area contributed by atoms with E-state index in [-0.39, 0.29) is 11.9 Å². The number of methoxy groups -OCH3 is 3. The number of hydrogen-bond acceptors (Lipinski definition) is 5. The highest BCUT2D eigenvalue weighted by atomic mass is 16.7. The third-order valence-electron chi connectivity index (χ3n) is 3.34. The van der Waals surface area contributed by atoms with Crippen molar-refractivity contribution in [1.82, 2.24) is 4.98 Å². The van der Waals surface area contributed by atoms with E-state index in [1.807, 2.05) is 19.1 Å². The number of pyridine rings is 1. The van der Waals surface area contributed by atoms with Crippen molar-refractivity contribution in [2.24, 2.45) is 0 Å². The lowest BCUT2D eigenvalue weighted by Crippen LogP contribution is -2.49. The minimum atomic E-state index is -0.390. The molecule has 0 N–H and O–H groups in total. The normalized spacial score (nSPS) is 17.8. The average Bonchev–Trinajstić information content (AvgIpc) is 2.32. The molecular formula is C13H19NO4. The summed E-state index contributed by atoms with van der Waals surface area (Å²) in [7, 11) is 4.90. The van der Waals surface area contributed by atoms with Gasteiger partial charge in [-0.3, -0.25) is 4.98 Å².